The molecule has 0 bridgehead atoms. The molecule has 2 nitrogen and oxygen atoms in total. The van der Waals surface area contributed by atoms with Crippen LogP contribution in [-0.4, -0.2) is 11.7 Å². The normalized spacial score (nSPS) is 14.6. The van der Waals surface area contributed by atoms with Gasteiger partial charge in [0.2, 0.25) is 0 Å². The fourth-order valence-electron chi connectivity index (χ4n) is 1.48. The van der Waals surface area contributed by atoms with Crippen LogP contribution in [0, 0.1) is 5.82 Å². The van der Waals surface area contributed by atoms with E-state index < -0.39 is 47.5 Å². The number of aliphatic hydroxyl groups excluding tert-OH is 1. The maximum atomic E-state index is 13.4. The minimum atomic E-state index is -5.22. The molecule has 0 saturated heterocycles. The van der Waals surface area contributed by atoms with E-state index in [-0.39, 0.29) is 12.1 Å². The van der Waals surface area contributed by atoms with E-state index in [1.54, 1.807) is 0 Å². The molecule has 0 saturated carbocycles. The van der Waals surface area contributed by atoms with Crippen molar-refractivity contribution in [1.29, 1.82) is 0 Å². The van der Waals surface area contributed by atoms with E-state index in [0.717, 1.165) is 0 Å². The first-order valence-corrected chi connectivity index (χ1v) is 4.82. The van der Waals surface area contributed by atoms with Crippen LogP contribution in [0.25, 0.3) is 0 Å². The van der Waals surface area contributed by atoms with Crippen LogP contribution in [0.4, 0.5) is 30.7 Å². The highest BCUT2D eigenvalue weighted by atomic mass is 19.4. The standard InChI is InChI=1S/C10H8F7NO/c11-6-2-4(9(12,13)14)1-5(10(15,16)17)8(6)7(18)3-19/h1-2,7,19H,3,18H2/t7-/m1/s1. The van der Waals surface area contributed by atoms with E-state index in [4.69, 9.17) is 10.8 Å². The van der Waals surface area contributed by atoms with Crippen molar-refractivity contribution in [2.24, 2.45) is 5.73 Å². The molecule has 1 rings (SSSR count). The first-order valence-electron chi connectivity index (χ1n) is 4.82. The summed E-state index contributed by atoms with van der Waals surface area (Å²) < 4.78 is 88.3. The van der Waals surface area contributed by atoms with Gasteiger partial charge >= 0.3 is 12.4 Å². The van der Waals surface area contributed by atoms with Crippen molar-refractivity contribution in [1.82, 2.24) is 0 Å². The number of hydrogen-bond acceptors (Lipinski definition) is 2. The SMILES string of the molecule is N[C@H](CO)c1c(F)cc(C(F)(F)F)cc1C(F)(F)F. The quantitative estimate of drug-likeness (QED) is 0.823. The average molecular weight is 291 g/mol. The van der Waals surface area contributed by atoms with Gasteiger partial charge in [0, 0.05) is 5.56 Å². The van der Waals surface area contributed by atoms with Gasteiger partial charge < -0.3 is 10.8 Å². The molecule has 0 amide bonds. The van der Waals surface area contributed by atoms with Gasteiger partial charge in [-0.15, -0.1) is 0 Å². The Labute approximate surface area is 102 Å². The third-order valence-corrected chi connectivity index (χ3v) is 2.33. The van der Waals surface area contributed by atoms with Crippen LogP contribution in [0.2, 0.25) is 0 Å². The van der Waals surface area contributed by atoms with Crippen molar-refractivity contribution < 1.29 is 35.8 Å². The zero-order valence-corrected chi connectivity index (χ0v) is 9.11. The Morgan fingerprint density at radius 1 is 1.05 bits per heavy atom. The molecule has 1 aromatic carbocycles. The molecule has 3 N–H and O–H groups in total. The van der Waals surface area contributed by atoms with Gasteiger partial charge in [0.15, 0.2) is 0 Å². The Bertz CT molecular complexity index is 466. The summed E-state index contributed by atoms with van der Waals surface area (Å²) in [4.78, 5) is 0. The summed E-state index contributed by atoms with van der Waals surface area (Å²) in [6.45, 7) is -1.04. The Kier molecular flexibility index (Phi) is 4.11. The second-order valence-corrected chi connectivity index (χ2v) is 3.70. The third kappa shape index (κ3) is 3.35. The summed E-state index contributed by atoms with van der Waals surface area (Å²) in [5.41, 5.74) is 0.271. The molecule has 9 heteroatoms. The molecule has 1 atom stereocenters. The van der Waals surface area contributed by atoms with Crippen LogP contribution in [0.5, 0.6) is 0 Å². The van der Waals surface area contributed by atoms with Gasteiger partial charge in [0.25, 0.3) is 0 Å². The van der Waals surface area contributed by atoms with Gasteiger partial charge in [-0.05, 0) is 12.1 Å². The lowest BCUT2D eigenvalue weighted by Gasteiger charge is -2.19. The molecule has 0 fully saturated rings. The number of rotatable bonds is 2. The molecule has 0 spiro atoms. The molecule has 0 aromatic heterocycles. The monoisotopic (exact) mass is 291 g/mol. The summed E-state index contributed by atoms with van der Waals surface area (Å²) in [7, 11) is 0. The molecule has 0 unspecified atom stereocenters. The largest absolute Gasteiger partial charge is 0.416 e. The van der Waals surface area contributed by atoms with Gasteiger partial charge in [0.05, 0.1) is 23.8 Å². The maximum absolute atomic E-state index is 13.4. The fourth-order valence-corrected chi connectivity index (χ4v) is 1.48. The lowest BCUT2D eigenvalue weighted by atomic mass is 9.97. The summed E-state index contributed by atoms with van der Waals surface area (Å²) in [5, 5.41) is 8.65. The number of aliphatic hydroxyl groups is 1. The third-order valence-electron chi connectivity index (χ3n) is 2.33. The zero-order chi connectivity index (χ0) is 15.0. The second kappa shape index (κ2) is 4.97. The molecular formula is C10H8F7NO. The number of alkyl halides is 6. The maximum Gasteiger partial charge on any atom is 0.416 e. The smallest absolute Gasteiger partial charge is 0.394 e. The molecule has 1 aromatic rings. The van der Waals surface area contributed by atoms with Crippen molar-refractivity contribution in [3.63, 3.8) is 0 Å². The van der Waals surface area contributed by atoms with Crippen molar-refractivity contribution >= 4 is 0 Å². The summed E-state index contributed by atoms with van der Waals surface area (Å²) in [6.07, 6.45) is -10.3. The highest BCUT2D eigenvalue weighted by molar-refractivity contribution is 5.38. The molecule has 0 aliphatic heterocycles. The van der Waals surface area contributed by atoms with Crippen LogP contribution in [-0.2, 0) is 12.4 Å². The van der Waals surface area contributed by atoms with Crippen molar-refractivity contribution in [2.45, 2.75) is 18.4 Å². The molecule has 0 heterocycles. The molecule has 108 valence electrons. The average Bonchev–Trinajstić information content (AvgIpc) is 2.24. The number of benzene rings is 1. The van der Waals surface area contributed by atoms with E-state index in [1.165, 1.54) is 0 Å². The van der Waals surface area contributed by atoms with Crippen LogP contribution >= 0.6 is 0 Å². The summed E-state index contributed by atoms with van der Waals surface area (Å²) >= 11 is 0. The predicted octanol–water partition coefficient (Wildman–Crippen LogP) is 2.86. The number of nitrogens with two attached hydrogens (primary N) is 1. The molecule has 19 heavy (non-hydrogen) atoms. The van der Waals surface area contributed by atoms with Crippen LogP contribution in [0.1, 0.15) is 22.7 Å². The fraction of sp³-hybridized carbons (Fsp3) is 0.400. The van der Waals surface area contributed by atoms with Gasteiger partial charge in [-0.2, -0.15) is 26.3 Å². The van der Waals surface area contributed by atoms with E-state index in [0.29, 0.717) is 0 Å². The van der Waals surface area contributed by atoms with Gasteiger partial charge in [-0.3, -0.25) is 0 Å². The Morgan fingerprint density at radius 2 is 1.58 bits per heavy atom. The topological polar surface area (TPSA) is 46.2 Å². The van der Waals surface area contributed by atoms with Crippen molar-refractivity contribution in [2.75, 3.05) is 6.61 Å². The van der Waals surface area contributed by atoms with E-state index in [9.17, 15) is 30.7 Å². The van der Waals surface area contributed by atoms with Crippen molar-refractivity contribution in [3.8, 4) is 0 Å². The highest BCUT2D eigenvalue weighted by Gasteiger charge is 2.40. The Hall–Kier alpha value is -1.35. The second-order valence-electron chi connectivity index (χ2n) is 3.70. The first kappa shape index (κ1) is 15.7. The number of halogens is 7. The van der Waals surface area contributed by atoms with E-state index in [1.807, 2.05) is 0 Å². The lowest BCUT2D eigenvalue weighted by Crippen LogP contribution is -2.23. The molecular weight excluding hydrogens is 283 g/mol. The number of hydrogen-bond donors (Lipinski definition) is 2. The van der Waals surface area contributed by atoms with E-state index in [2.05, 4.69) is 0 Å². The van der Waals surface area contributed by atoms with Crippen LogP contribution in [0.3, 0.4) is 0 Å². The minimum absolute atomic E-state index is 0.0832. The molecule has 0 aliphatic rings. The highest BCUT2D eigenvalue weighted by Crippen LogP contribution is 2.39. The lowest BCUT2D eigenvalue weighted by molar-refractivity contribution is -0.144. The first-order chi connectivity index (χ1) is 8.48. The minimum Gasteiger partial charge on any atom is -0.394 e. The van der Waals surface area contributed by atoms with Crippen molar-refractivity contribution in [3.05, 3.63) is 34.6 Å². The van der Waals surface area contributed by atoms with Gasteiger partial charge in [0.1, 0.15) is 5.82 Å². The Balaban J connectivity index is 3.58. The van der Waals surface area contributed by atoms with E-state index >= 15 is 0 Å². The Morgan fingerprint density at radius 3 is 1.95 bits per heavy atom. The summed E-state index contributed by atoms with van der Waals surface area (Å²) in [5.74, 6) is -1.76. The predicted molar refractivity (Wildman–Crippen MR) is 50.4 cm³/mol. The molecule has 0 radical (unpaired) electrons. The summed E-state index contributed by atoms with van der Waals surface area (Å²) in [6, 6.07) is -2.08. The molecule has 0 aliphatic carbocycles. The zero-order valence-electron chi connectivity index (χ0n) is 9.11. The van der Waals surface area contributed by atoms with Gasteiger partial charge in [-0.25, -0.2) is 4.39 Å². The van der Waals surface area contributed by atoms with Gasteiger partial charge in [-0.1, -0.05) is 0 Å². The van der Waals surface area contributed by atoms with Crippen LogP contribution < -0.4 is 5.73 Å². The van der Waals surface area contributed by atoms with Crippen LogP contribution in [0.15, 0.2) is 12.1 Å².